The molecule has 2 aromatic carbocycles. The smallest absolute Gasteiger partial charge is 0.123 e. The molecule has 0 spiro atoms. The molecule has 0 fully saturated rings. The summed E-state index contributed by atoms with van der Waals surface area (Å²) in [4.78, 5) is 0. The van der Waals surface area contributed by atoms with Gasteiger partial charge in [0.2, 0.25) is 0 Å². The van der Waals surface area contributed by atoms with Crippen molar-refractivity contribution < 1.29 is 4.74 Å². The van der Waals surface area contributed by atoms with E-state index in [1.54, 1.807) is 0 Å². The Hall–Kier alpha value is -2.06. The highest BCUT2D eigenvalue weighted by molar-refractivity contribution is 5.35. The molecule has 0 aliphatic rings. The van der Waals surface area contributed by atoms with Gasteiger partial charge in [-0.2, -0.15) is 0 Å². The normalized spacial score (nSPS) is 10.2. The van der Waals surface area contributed by atoms with E-state index in [0.29, 0.717) is 13.2 Å². The molecule has 0 radical (unpaired) electrons. The van der Waals surface area contributed by atoms with Gasteiger partial charge in [-0.05, 0) is 29.2 Å². The largest absolute Gasteiger partial charge is 0.489 e. The number of hydrogen-bond donors (Lipinski definition) is 1. The van der Waals surface area contributed by atoms with Crippen LogP contribution in [0.1, 0.15) is 16.7 Å². The highest BCUT2D eigenvalue weighted by Gasteiger charge is 2.02. The van der Waals surface area contributed by atoms with E-state index in [4.69, 9.17) is 10.5 Å². The molecule has 2 N–H and O–H groups in total. The quantitative estimate of drug-likeness (QED) is 0.800. The van der Waals surface area contributed by atoms with E-state index in [-0.39, 0.29) is 0 Å². The van der Waals surface area contributed by atoms with Gasteiger partial charge in [-0.1, -0.05) is 48.5 Å². The third-order valence-corrected chi connectivity index (χ3v) is 2.96. The van der Waals surface area contributed by atoms with Crippen LogP contribution in [0.15, 0.2) is 61.2 Å². The summed E-state index contributed by atoms with van der Waals surface area (Å²) < 4.78 is 5.89. The van der Waals surface area contributed by atoms with Gasteiger partial charge in [0.1, 0.15) is 12.4 Å². The summed E-state index contributed by atoms with van der Waals surface area (Å²) >= 11 is 0. The Kier molecular flexibility index (Phi) is 4.76. The first-order valence-corrected chi connectivity index (χ1v) is 6.43. The Morgan fingerprint density at radius 2 is 1.84 bits per heavy atom. The van der Waals surface area contributed by atoms with Crippen molar-refractivity contribution in [1.82, 2.24) is 0 Å². The molecule has 0 aliphatic heterocycles. The summed E-state index contributed by atoms with van der Waals surface area (Å²) in [7, 11) is 0. The van der Waals surface area contributed by atoms with Crippen molar-refractivity contribution in [3.8, 4) is 5.75 Å². The lowest BCUT2D eigenvalue weighted by Gasteiger charge is -2.11. The summed E-state index contributed by atoms with van der Waals surface area (Å²) in [5, 5.41) is 0. The second-order valence-corrected chi connectivity index (χ2v) is 4.41. The highest BCUT2D eigenvalue weighted by atomic mass is 16.5. The van der Waals surface area contributed by atoms with Gasteiger partial charge >= 0.3 is 0 Å². The Morgan fingerprint density at radius 1 is 1.05 bits per heavy atom. The van der Waals surface area contributed by atoms with E-state index in [1.807, 2.05) is 36.4 Å². The SMILES string of the molecule is C=CCc1ccccc1OCc1cccc(CN)c1. The number of para-hydroxylation sites is 1. The summed E-state index contributed by atoms with van der Waals surface area (Å²) in [6.07, 6.45) is 2.70. The predicted molar refractivity (Wildman–Crippen MR) is 79.0 cm³/mol. The number of nitrogens with two attached hydrogens (primary N) is 1. The van der Waals surface area contributed by atoms with Crippen LogP contribution in [0.25, 0.3) is 0 Å². The molecule has 19 heavy (non-hydrogen) atoms. The molecule has 0 aromatic heterocycles. The van der Waals surface area contributed by atoms with Crippen LogP contribution in [0.5, 0.6) is 5.75 Å². The number of allylic oxidation sites excluding steroid dienone is 1. The van der Waals surface area contributed by atoms with Crippen LogP contribution in [0, 0.1) is 0 Å². The van der Waals surface area contributed by atoms with Gasteiger partial charge in [0.15, 0.2) is 0 Å². The molecule has 0 bridgehead atoms. The molecule has 2 nitrogen and oxygen atoms in total. The molecular weight excluding hydrogens is 234 g/mol. The maximum absolute atomic E-state index is 5.89. The van der Waals surface area contributed by atoms with Crippen LogP contribution in [-0.2, 0) is 19.6 Å². The molecule has 2 aromatic rings. The van der Waals surface area contributed by atoms with Crippen LogP contribution in [-0.4, -0.2) is 0 Å². The first-order valence-electron chi connectivity index (χ1n) is 6.43. The minimum absolute atomic E-state index is 0.556. The maximum Gasteiger partial charge on any atom is 0.123 e. The van der Waals surface area contributed by atoms with Crippen LogP contribution >= 0.6 is 0 Å². The topological polar surface area (TPSA) is 35.2 Å². The third kappa shape index (κ3) is 3.70. The lowest BCUT2D eigenvalue weighted by atomic mass is 10.1. The van der Waals surface area contributed by atoms with E-state index >= 15 is 0 Å². The molecule has 0 atom stereocenters. The third-order valence-electron chi connectivity index (χ3n) is 2.96. The zero-order valence-corrected chi connectivity index (χ0v) is 11.0. The van der Waals surface area contributed by atoms with Gasteiger partial charge in [0.05, 0.1) is 0 Å². The second-order valence-electron chi connectivity index (χ2n) is 4.41. The van der Waals surface area contributed by atoms with E-state index in [9.17, 15) is 0 Å². The summed E-state index contributed by atoms with van der Waals surface area (Å²) in [6.45, 7) is 4.88. The number of hydrogen-bond acceptors (Lipinski definition) is 2. The summed E-state index contributed by atoms with van der Waals surface area (Å²) in [6, 6.07) is 16.2. The number of benzene rings is 2. The molecule has 0 unspecified atom stereocenters. The monoisotopic (exact) mass is 253 g/mol. The molecule has 2 heteroatoms. The van der Waals surface area contributed by atoms with Gasteiger partial charge in [0.25, 0.3) is 0 Å². The number of rotatable bonds is 6. The minimum Gasteiger partial charge on any atom is -0.489 e. The summed E-state index contributed by atoms with van der Waals surface area (Å²) in [5.41, 5.74) is 9.06. The Bertz CT molecular complexity index is 548. The van der Waals surface area contributed by atoms with Gasteiger partial charge in [-0.25, -0.2) is 0 Å². The van der Waals surface area contributed by atoms with E-state index in [1.165, 1.54) is 0 Å². The number of ether oxygens (including phenoxy) is 1. The van der Waals surface area contributed by atoms with E-state index < -0.39 is 0 Å². The Labute approximate surface area is 114 Å². The fourth-order valence-corrected chi connectivity index (χ4v) is 1.98. The van der Waals surface area contributed by atoms with Gasteiger partial charge in [-0.15, -0.1) is 6.58 Å². The van der Waals surface area contributed by atoms with Gasteiger partial charge in [0, 0.05) is 6.54 Å². The standard InChI is InChI=1S/C17H19NO/c1-2-6-16-9-3-4-10-17(16)19-13-15-8-5-7-14(11-15)12-18/h2-5,7-11H,1,6,12-13,18H2. The molecule has 0 saturated carbocycles. The summed E-state index contributed by atoms with van der Waals surface area (Å²) in [5.74, 6) is 0.917. The maximum atomic E-state index is 5.89. The van der Waals surface area contributed by atoms with Crippen LogP contribution < -0.4 is 10.5 Å². The van der Waals surface area contributed by atoms with Gasteiger partial charge in [-0.3, -0.25) is 0 Å². The van der Waals surface area contributed by atoms with Crippen molar-refractivity contribution >= 4 is 0 Å². The lowest BCUT2D eigenvalue weighted by molar-refractivity contribution is 0.303. The van der Waals surface area contributed by atoms with Crippen LogP contribution in [0.3, 0.4) is 0 Å². The van der Waals surface area contributed by atoms with E-state index in [2.05, 4.69) is 24.8 Å². The van der Waals surface area contributed by atoms with Crippen molar-refractivity contribution in [2.75, 3.05) is 0 Å². The molecule has 0 heterocycles. The fraction of sp³-hybridized carbons (Fsp3) is 0.176. The van der Waals surface area contributed by atoms with Crippen molar-refractivity contribution in [3.63, 3.8) is 0 Å². The lowest BCUT2D eigenvalue weighted by Crippen LogP contribution is -2.01. The van der Waals surface area contributed by atoms with Crippen molar-refractivity contribution in [2.45, 2.75) is 19.6 Å². The average molecular weight is 253 g/mol. The molecule has 2 rings (SSSR count). The molecule has 0 aliphatic carbocycles. The van der Waals surface area contributed by atoms with Crippen LogP contribution in [0.4, 0.5) is 0 Å². The molecular formula is C17H19NO. The highest BCUT2D eigenvalue weighted by Crippen LogP contribution is 2.20. The fourth-order valence-electron chi connectivity index (χ4n) is 1.98. The van der Waals surface area contributed by atoms with Crippen molar-refractivity contribution in [3.05, 3.63) is 77.9 Å². The zero-order chi connectivity index (χ0) is 13.5. The molecule has 0 amide bonds. The van der Waals surface area contributed by atoms with Gasteiger partial charge < -0.3 is 10.5 Å². The van der Waals surface area contributed by atoms with Crippen molar-refractivity contribution in [1.29, 1.82) is 0 Å². The minimum atomic E-state index is 0.556. The Morgan fingerprint density at radius 3 is 2.63 bits per heavy atom. The predicted octanol–water partition coefficient (Wildman–Crippen LogP) is 3.45. The van der Waals surface area contributed by atoms with Crippen molar-refractivity contribution in [2.24, 2.45) is 5.73 Å². The first-order chi connectivity index (χ1) is 9.33. The Balaban J connectivity index is 2.07. The van der Waals surface area contributed by atoms with E-state index in [0.717, 1.165) is 28.9 Å². The van der Waals surface area contributed by atoms with Crippen LogP contribution in [0.2, 0.25) is 0 Å². The zero-order valence-electron chi connectivity index (χ0n) is 11.0. The average Bonchev–Trinajstić information content (AvgIpc) is 2.47. The molecule has 0 saturated heterocycles. The molecule has 98 valence electrons. The second kappa shape index (κ2) is 6.76. The first kappa shape index (κ1) is 13.4.